The third-order valence-electron chi connectivity index (χ3n) is 2.86. The summed E-state index contributed by atoms with van der Waals surface area (Å²) in [5.41, 5.74) is 2.60. The van der Waals surface area contributed by atoms with Crippen molar-refractivity contribution in [3.05, 3.63) is 35.4 Å². The molecule has 0 spiro atoms. The second kappa shape index (κ2) is 3.51. The van der Waals surface area contributed by atoms with Crippen molar-refractivity contribution in [2.75, 3.05) is 6.61 Å². The van der Waals surface area contributed by atoms with Crippen LogP contribution in [-0.4, -0.2) is 11.7 Å². The molecule has 1 aromatic carbocycles. The summed E-state index contributed by atoms with van der Waals surface area (Å²) in [6.45, 7) is 2.40. The summed E-state index contributed by atoms with van der Waals surface area (Å²) in [6, 6.07) is 8.51. The number of benzene rings is 1. The van der Waals surface area contributed by atoms with E-state index in [1.807, 2.05) is 0 Å². The number of aliphatic hydroxyl groups excluding tert-OH is 1. The van der Waals surface area contributed by atoms with Crippen molar-refractivity contribution >= 4 is 0 Å². The van der Waals surface area contributed by atoms with Crippen LogP contribution in [0.3, 0.4) is 0 Å². The van der Waals surface area contributed by atoms with Gasteiger partial charge in [0.15, 0.2) is 0 Å². The van der Waals surface area contributed by atoms with Gasteiger partial charge in [0.25, 0.3) is 0 Å². The van der Waals surface area contributed by atoms with Gasteiger partial charge in [0.2, 0.25) is 0 Å². The van der Waals surface area contributed by atoms with E-state index >= 15 is 0 Å². The van der Waals surface area contributed by atoms with Crippen molar-refractivity contribution in [2.24, 2.45) is 5.92 Å². The van der Waals surface area contributed by atoms with Crippen LogP contribution >= 0.6 is 0 Å². The first-order valence-corrected chi connectivity index (χ1v) is 4.98. The predicted molar refractivity (Wildman–Crippen MR) is 53.7 cm³/mol. The molecule has 1 unspecified atom stereocenters. The van der Waals surface area contributed by atoms with Gasteiger partial charge in [-0.15, -0.1) is 0 Å². The Hall–Kier alpha value is -0.820. The Kier molecular flexibility index (Phi) is 2.36. The second-order valence-corrected chi connectivity index (χ2v) is 4.04. The number of aryl methyl sites for hydroxylation is 1. The van der Waals surface area contributed by atoms with Crippen molar-refractivity contribution in [1.29, 1.82) is 0 Å². The molecule has 13 heavy (non-hydrogen) atoms. The molecule has 0 radical (unpaired) electrons. The van der Waals surface area contributed by atoms with Gasteiger partial charge >= 0.3 is 0 Å². The lowest BCUT2D eigenvalue weighted by Crippen LogP contribution is -2.06. The predicted octanol–water partition coefficient (Wildman–Crippen LogP) is 2.48. The van der Waals surface area contributed by atoms with Crippen molar-refractivity contribution in [2.45, 2.75) is 25.7 Å². The number of hydrogen-bond acceptors (Lipinski definition) is 1. The SMILES string of the molecule is Cc1cccc(C(CO)C2CC2)c1. The highest BCUT2D eigenvalue weighted by molar-refractivity contribution is 5.27. The zero-order chi connectivity index (χ0) is 9.26. The maximum atomic E-state index is 9.28. The van der Waals surface area contributed by atoms with Crippen molar-refractivity contribution < 1.29 is 5.11 Å². The van der Waals surface area contributed by atoms with Crippen LogP contribution < -0.4 is 0 Å². The van der Waals surface area contributed by atoms with Crippen LogP contribution in [0.2, 0.25) is 0 Å². The molecular formula is C12H16O. The van der Waals surface area contributed by atoms with E-state index in [-0.39, 0.29) is 0 Å². The fourth-order valence-electron chi connectivity index (χ4n) is 1.93. The quantitative estimate of drug-likeness (QED) is 0.750. The third-order valence-corrected chi connectivity index (χ3v) is 2.86. The zero-order valence-corrected chi connectivity index (χ0v) is 8.03. The largest absolute Gasteiger partial charge is 0.396 e. The molecular weight excluding hydrogens is 160 g/mol. The maximum absolute atomic E-state index is 9.28. The van der Waals surface area contributed by atoms with Crippen LogP contribution in [0.1, 0.15) is 29.9 Å². The average Bonchev–Trinajstić information content (AvgIpc) is 2.90. The van der Waals surface area contributed by atoms with E-state index in [9.17, 15) is 5.11 Å². The van der Waals surface area contributed by atoms with Gasteiger partial charge in [-0.1, -0.05) is 29.8 Å². The van der Waals surface area contributed by atoms with Gasteiger partial charge in [0.1, 0.15) is 0 Å². The van der Waals surface area contributed by atoms with Crippen LogP contribution in [0.4, 0.5) is 0 Å². The highest BCUT2D eigenvalue weighted by Crippen LogP contribution is 2.42. The van der Waals surface area contributed by atoms with E-state index in [4.69, 9.17) is 0 Å². The molecule has 0 aliphatic heterocycles. The maximum Gasteiger partial charge on any atom is 0.0502 e. The molecule has 1 aliphatic carbocycles. The van der Waals surface area contributed by atoms with Crippen LogP contribution in [0.15, 0.2) is 24.3 Å². The Morgan fingerprint density at radius 2 is 2.23 bits per heavy atom. The smallest absolute Gasteiger partial charge is 0.0502 e. The number of aliphatic hydroxyl groups is 1. The minimum atomic E-state index is 0.300. The molecule has 1 N–H and O–H groups in total. The van der Waals surface area contributed by atoms with Crippen molar-refractivity contribution in [3.63, 3.8) is 0 Å². The normalized spacial score (nSPS) is 18.6. The summed E-state index contributed by atoms with van der Waals surface area (Å²) in [7, 11) is 0. The molecule has 0 aromatic heterocycles. The van der Waals surface area contributed by atoms with Crippen molar-refractivity contribution in [1.82, 2.24) is 0 Å². The summed E-state index contributed by atoms with van der Waals surface area (Å²) in [6.07, 6.45) is 2.58. The van der Waals surface area contributed by atoms with Gasteiger partial charge < -0.3 is 5.11 Å². The summed E-state index contributed by atoms with van der Waals surface area (Å²) in [4.78, 5) is 0. The van der Waals surface area contributed by atoms with Gasteiger partial charge in [-0.25, -0.2) is 0 Å². The summed E-state index contributed by atoms with van der Waals surface area (Å²) in [5.74, 6) is 1.13. The third kappa shape index (κ3) is 1.92. The van der Waals surface area contributed by atoms with Gasteiger partial charge in [0.05, 0.1) is 6.61 Å². The lowest BCUT2D eigenvalue weighted by molar-refractivity contribution is 0.253. The van der Waals surface area contributed by atoms with E-state index in [1.165, 1.54) is 24.0 Å². The number of hydrogen-bond donors (Lipinski definition) is 1. The van der Waals surface area contributed by atoms with Crippen LogP contribution in [-0.2, 0) is 0 Å². The fourth-order valence-corrected chi connectivity index (χ4v) is 1.93. The molecule has 1 fully saturated rings. The lowest BCUT2D eigenvalue weighted by Gasteiger charge is -2.13. The van der Waals surface area contributed by atoms with Crippen LogP contribution in [0.25, 0.3) is 0 Å². The van der Waals surface area contributed by atoms with Gasteiger partial charge in [0, 0.05) is 5.92 Å². The van der Waals surface area contributed by atoms with Crippen molar-refractivity contribution in [3.8, 4) is 0 Å². The van der Waals surface area contributed by atoms with Gasteiger partial charge in [-0.05, 0) is 31.2 Å². The molecule has 0 saturated heterocycles. The zero-order valence-electron chi connectivity index (χ0n) is 8.03. The first-order chi connectivity index (χ1) is 6.31. The molecule has 2 rings (SSSR count). The Morgan fingerprint density at radius 3 is 2.77 bits per heavy atom. The van der Waals surface area contributed by atoms with Gasteiger partial charge in [-0.3, -0.25) is 0 Å². The minimum Gasteiger partial charge on any atom is -0.396 e. The molecule has 0 amide bonds. The molecule has 1 nitrogen and oxygen atoms in total. The molecule has 1 aliphatic rings. The van der Waals surface area contributed by atoms with E-state index < -0.39 is 0 Å². The van der Waals surface area contributed by atoms with Gasteiger partial charge in [-0.2, -0.15) is 0 Å². The highest BCUT2D eigenvalue weighted by Gasteiger charge is 2.31. The standard InChI is InChI=1S/C12H16O/c1-9-3-2-4-11(7-9)12(8-13)10-5-6-10/h2-4,7,10,12-13H,5-6,8H2,1H3. The van der Waals surface area contributed by atoms with E-state index in [0.717, 1.165) is 5.92 Å². The van der Waals surface area contributed by atoms with Crippen LogP contribution in [0, 0.1) is 12.8 Å². The summed E-state index contributed by atoms with van der Waals surface area (Å²) in [5, 5.41) is 9.28. The topological polar surface area (TPSA) is 20.2 Å². The van der Waals surface area contributed by atoms with E-state index in [0.29, 0.717) is 12.5 Å². The Balaban J connectivity index is 2.21. The molecule has 0 bridgehead atoms. The molecule has 1 saturated carbocycles. The van der Waals surface area contributed by atoms with E-state index in [1.54, 1.807) is 0 Å². The highest BCUT2D eigenvalue weighted by atomic mass is 16.3. The molecule has 1 heteroatoms. The van der Waals surface area contributed by atoms with E-state index in [2.05, 4.69) is 31.2 Å². The summed E-state index contributed by atoms with van der Waals surface area (Å²) < 4.78 is 0. The fraction of sp³-hybridized carbons (Fsp3) is 0.500. The molecule has 70 valence electrons. The minimum absolute atomic E-state index is 0.300. The first-order valence-electron chi connectivity index (χ1n) is 4.98. The Labute approximate surface area is 79.4 Å². The first kappa shape index (κ1) is 8.76. The Bertz CT molecular complexity index is 289. The Morgan fingerprint density at radius 1 is 1.46 bits per heavy atom. The lowest BCUT2D eigenvalue weighted by atomic mass is 9.94. The number of rotatable bonds is 3. The molecule has 1 atom stereocenters. The second-order valence-electron chi connectivity index (χ2n) is 4.04. The van der Waals surface area contributed by atoms with Crippen LogP contribution in [0.5, 0.6) is 0 Å². The monoisotopic (exact) mass is 176 g/mol. The molecule has 0 heterocycles. The summed E-state index contributed by atoms with van der Waals surface area (Å²) >= 11 is 0. The average molecular weight is 176 g/mol. The molecule has 1 aromatic rings.